The summed E-state index contributed by atoms with van der Waals surface area (Å²) in [6.45, 7) is 0.928. The van der Waals surface area contributed by atoms with E-state index in [-0.39, 0.29) is 23.3 Å². The molecule has 6 nitrogen and oxygen atoms in total. The second kappa shape index (κ2) is 6.24. The highest BCUT2D eigenvalue weighted by Crippen LogP contribution is 2.48. The minimum atomic E-state index is -0.642. The second-order valence-electron chi connectivity index (χ2n) is 6.60. The SMILES string of the molecule is COc1ccc(CN2C(=O)N3CCOc4cnc5cc(Cl)c(F)c2c5c43)cc1. The maximum atomic E-state index is 15.1. The van der Waals surface area contributed by atoms with E-state index in [9.17, 15) is 4.79 Å². The monoisotopic (exact) mass is 399 g/mol. The summed E-state index contributed by atoms with van der Waals surface area (Å²) >= 11 is 6.11. The minimum absolute atomic E-state index is 0.0762. The molecule has 0 radical (unpaired) electrons. The third-order valence-electron chi connectivity index (χ3n) is 5.04. The Hall–Kier alpha value is -3.06. The minimum Gasteiger partial charge on any atom is -0.497 e. The number of urea groups is 1. The molecule has 2 aliphatic heterocycles. The predicted octanol–water partition coefficient (Wildman–Crippen LogP) is 4.37. The molecule has 0 atom stereocenters. The molecule has 2 aromatic carbocycles. The van der Waals surface area contributed by atoms with Gasteiger partial charge in [0, 0.05) is 0 Å². The quantitative estimate of drug-likeness (QED) is 0.656. The molecule has 1 aromatic heterocycles. The number of methoxy groups -OCH3 is 1. The van der Waals surface area contributed by atoms with Crippen LogP contribution in [0.25, 0.3) is 10.9 Å². The lowest BCUT2D eigenvalue weighted by Gasteiger charge is -2.39. The van der Waals surface area contributed by atoms with Gasteiger partial charge in [0.25, 0.3) is 0 Å². The molecule has 0 unspecified atom stereocenters. The lowest BCUT2D eigenvalue weighted by atomic mass is 10.0. The summed E-state index contributed by atoms with van der Waals surface area (Å²) in [4.78, 5) is 20.7. The molecule has 0 spiro atoms. The van der Waals surface area contributed by atoms with Crippen LogP contribution in [0.5, 0.6) is 11.5 Å². The number of aromatic nitrogens is 1. The Morgan fingerprint density at radius 1 is 1.29 bits per heavy atom. The van der Waals surface area contributed by atoms with Crippen LogP contribution in [0.4, 0.5) is 20.6 Å². The molecule has 3 heterocycles. The second-order valence-corrected chi connectivity index (χ2v) is 7.01. The highest BCUT2D eigenvalue weighted by Gasteiger charge is 2.39. The van der Waals surface area contributed by atoms with Gasteiger partial charge in [0.2, 0.25) is 0 Å². The molecule has 2 amide bonds. The van der Waals surface area contributed by atoms with Gasteiger partial charge in [-0.25, -0.2) is 9.18 Å². The van der Waals surface area contributed by atoms with Crippen molar-refractivity contribution in [3.8, 4) is 11.5 Å². The number of halogens is 2. The van der Waals surface area contributed by atoms with E-state index in [1.165, 1.54) is 11.0 Å². The number of amides is 2. The zero-order valence-corrected chi connectivity index (χ0v) is 15.7. The summed E-state index contributed by atoms with van der Waals surface area (Å²) < 4.78 is 26.0. The molecule has 0 saturated carbocycles. The fourth-order valence-electron chi connectivity index (χ4n) is 3.73. The molecule has 5 rings (SSSR count). The number of ether oxygens (including phenoxy) is 2. The molecule has 2 aliphatic rings. The van der Waals surface area contributed by atoms with Gasteiger partial charge in [-0.15, -0.1) is 0 Å². The maximum absolute atomic E-state index is 15.1. The summed E-state index contributed by atoms with van der Waals surface area (Å²) in [5.74, 6) is 0.535. The topological polar surface area (TPSA) is 54.9 Å². The van der Waals surface area contributed by atoms with Gasteiger partial charge in [-0.05, 0) is 23.8 Å². The molecule has 3 aromatic rings. The molecular formula is C20H15ClFN3O3. The first-order valence-electron chi connectivity index (χ1n) is 8.74. The lowest BCUT2D eigenvalue weighted by Crippen LogP contribution is -2.49. The van der Waals surface area contributed by atoms with Crippen molar-refractivity contribution >= 4 is 39.9 Å². The van der Waals surface area contributed by atoms with Crippen molar-refractivity contribution < 1.29 is 18.7 Å². The van der Waals surface area contributed by atoms with Crippen LogP contribution in [0, 0.1) is 5.82 Å². The summed E-state index contributed by atoms with van der Waals surface area (Å²) in [5.41, 5.74) is 2.04. The molecule has 0 aliphatic carbocycles. The first-order chi connectivity index (χ1) is 13.6. The molecule has 8 heteroatoms. The first kappa shape index (κ1) is 17.1. The third-order valence-corrected chi connectivity index (χ3v) is 5.31. The molecule has 28 heavy (non-hydrogen) atoms. The molecular weight excluding hydrogens is 385 g/mol. The van der Waals surface area contributed by atoms with Gasteiger partial charge in [0.05, 0.1) is 48.0 Å². The van der Waals surface area contributed by atoms with Crippen LogP contribution in [0.3, 0.4) is 0 Å². The normalized spacial score (nSPS) is 15.0. The standard InChI is InChI=1S/C20H15ClFN3O3/c1-27-12-4-2-11(3-5-12)10-25-19-16-14(8-13(21)17(19)22)23-9-15-18(16)24(20(25)26)6-7-28-15/h2-5,8-9H,6-7,10H2,1H3. The largest absolute Gasteiger partial charge is 0.497 e. The molecule has 0 saturated heterocycles. The number of rotatable bonds is 3. The third kappa shape index (κ3) is 2.39. The van der Waals surface area contributed by atoms with Crippen LogP contribution in [0.1, 0.15) is 5.56 Å². The van der Waals surface area contributed by atoms with E-state index in [4.69, 9.17) is 21.1 Å². The van der Waals surface area contributed by atoms with Crippen molar-refractivity contribution in [1.82, 2.24) is 4.98 Å². The summed E-state index contributed by atoms with van der Waals surface area (Å²) in [7, 11) is 1.58. The zero-order valence-electron chi connectivity index (χ0n) is 14.9. The van der Waals surface area contributed by atoms with Crippen LogP contribution < -0.4 is 19.3 Å². The molecule has 0 fully saturated rings. The van der Waals surface area contributed by atoms with Crippen molar-refractivity contribution in [2.45, 2.75) is 6.54 Å². The van der Waals surface area contributed by atoms with Crippen molar-refractivity contribution in [3.63, 3.8) is 0 Å². The van der Waals surface area contributed by atoms with E-state index >= 15 is 4.39 Å². The number of nitrogens with zero attached hydrogens (tertiary/aromatic N) is 3. The average molecular weight is 400 g/mol. The average Bonchev–Trinajstić information content (AvgIpc) is 2.72. The van der Waals surface area contributed by atoms with Gasteiger partial charge in [0.1, 0.15) is 18.0 Å². The number of carbonyl (C=O) groups is 1. The summed E-state index contributed by atoms with van der Waals surface area (Å²) in [6.07, 6.45) is 1.55. The van der Waals surface area contributed by atoms with Crippen LogP contribution in [0.2, 0.25) is 5.02 Å². The van der Waals surface area contributed by atoms with E-state index in [1.54, 1.807) is 30.3 Å². The highest BCUT2D eigenvalue weighted by atomic mass is 35.5. The smallest absolute Gasteiger partial charge is 0.329 e. The number of hydrogen-bond acceptors (Lipinski definition) is 4. The van der Waals surface area contributed by atoms with Crippen molar-refractivity contribution in [2.75, 3.05) is 30.1 Å². The van der Waals surface area contributed by atoms with Crippen LogP contribution in [-0.4, -0.2) is 31.3 Å². The van der Waals surface area contributed by atoms with Crippen molar-refractivity contribution in [3.05, 3.63) is 52.9 Å². The van der Waals surface area contributed by atoms with Gasteiger partial charge in [-0.2, -0.15) is 0 Å². The predicted molar refractivity (Wildman–Crippen MR) is 104 cm³/mol. The number of anilines is 2. The Balaban J connectivity index is 1.72. The van der Waals surface area contributed by atoms with E-state index in [0.29, 0.717) is 41.2 Å². The highest BCUT2D eigenvalue weighted by molar-refractivity contribution is 6.33. The molecule has 0 bridgehead atoms. The van der Waals surface area contributed by atoms with Gasteiger partial charge in [-0.1, -0.05) is 23.7 Å². The van der Waals surface area contributed by atoms with E-state index < -0.39 is 5.82 Å². The Morgan fingerprint density at radius 2 is 2.07 bits per heavy atom. The van der Waals surface area contributed by atoms with Crippen LogP contribution in [0.15, 0.2) is 36.5 Å². The van der Waals surface area contributed by atoms with Gasteiger partial charge >= 0.3 is 6.03 Å². The van der Waals surface area contributed by atoms with Crippen LogP contribution >= 0.6 is 11.6 Å². The van der Waals surface area contributed by atoms with E-state index in [0.717, 1.165) is 5.56 Å². The van der Waals surface area contributed by atoms with Crippen molar-refractivity contribution in [2.24, 2.45) is 0 Å². The van der Waals surface area contributed by atoms with E-state index in [1.807, 2.05) is 12.1 Å². The van der Waals surface area contributed by atoms with Gasteiger partial charge in [-0.3, -0.25) is 14.8 Å². The Labute approximate surface area is 165 Å². The summed E-state index contributed by atoms with van der Waals surface area (Å²) in [5, 5.41) is 0.458. The van der Waals surface area contributed by atoms with Crippen LogP contribution in [-0.2, 0) is 6.54 Å². The van der Waals surface area contributed by atoms with Gasteiger partial charge in [0.15, 0.2) is 11.6 Å². The fraction of sp³-hybridized carbons (Fsp3) is 0.200. The maximum Gasteiger partial charge on any atom is 0.329 e. The molecule has 0 N–H and O–H groups in total. The summed E-state index contributed by atoms with van der Waals surface area (Å²) in [6, 6.07) is 8.45. The molecule has 142 valence electrons. The Bertz CT molecular complexity index is 1120. The Kier molecular flexibility index (Phi) is 3.80. The first-order valence-corrected chi connectivity index (χ1v) is 9.11. The van der Waals surface area contributed by atoms with E-state index in [2.05, 4.69) is 4.98 Å². The van der Waals surface area contributed by atoms with Gasteiger partial charge < -0.3 is 9.47 Å². The number of benzene rings is 2. The fourth-order valence-corrected chi connectivity index (χ4v) is 3.92. The lowest BCUT2D eigenvalue weighted by molar-refractivity contribution is 0.244. The Morgan fingerprint density at radius 3 is 2.82 bits per heavy atom. The number of carbonyl (C=O) groups excluding carboxylic acids is 1. The van der Waals surface area contributed by atoms with Crippen molar-refractivity contribution in [1.29, 1.82) is 0 Å². The zero-order chi connectivity index (χ0) is 19.4. The number of hydrogen-bond donors (Lipinski definition) is 0. The number of pyridine rings is 1.